The molecule has 154 valence electrons. The minimum absolute atomic E-state index is 0.0392. The van der Waals surface area contributed by atoms with Crippen molar-refractivity contribution in [1.82, 2.24) is 15.5 Å². The molecule has 0 bridgehead atoms. The van der Waals surface area contributed by atoms with Crippen molar-refractivity contribution in [2.75, 3.05) is 26.7 Å². The van der Waals surface area contributed by atoms with Crippen LogP contribution in [0.1, 0.15) is 35.2 Å². The summed E-state index contributed by atoms with van der Waals surface area (Å²) in [5.74, 6) is 0.715. The summed E-state index contributed by atoms with van der Waals surface area (Å²) in [6.07, 6.45) is 0.137. The number of urea groups is 1. The normalized spacial score (nSPS) is 17.4. The van der Waals surface area contributed by atoms with Gasteiger partial charge < -0.3 is 26.0 Å². The van der Waals surface area contributed by atoms with Crippen molar-refractivity contribution in [1.29, 1.82) is 0 Å². The molecule has 0 saturated carbocycles. The third-order valence-electron chi connectivity index (χ3n) is 5.20. The molecule has 0 aromatic heterocycles. The molecule has 3 rings (SSSR count). The van der Waals surface area contributed by atoms with Crippen LogP contribution in [0.25, 0.3) is 0 Å². The van der Waals surface area contributed by atoms with Crippen LogP contribution >= 0.6 is 0 Å². The van der Waals surface area contributed by atoms with Crippen molar-refractivity contribution in [3.05, 3.63) is 65.2 Å². The molecule has 2 aromatic carbocycles. The zero-order valence-corrected chi connectivity index (χ0v) is 16.9. The van der Waals surface area contributed by atoms with Gasteiger partial charge in [-0.15, -0.1) is 0 Å². The molecule has 0 radical (unpaired) electrons. The van der Waals surface area contributed by atoms with E-state index in [-0.39, 0.29) is 18.4 Å². The predicted octanol–water partition coefficient (Wildman–Crippen LogP) is 2.28. The summed E-state index contributed by atoms with van der Waals surface area (Å²) in [6, 6.07) is 14.2. The highest BCUT2D eigenvalue weighted by Crippen LogP contribution is 2.31. The quantitative estimate of drug-likeness (QED) is 0.698. The molecule has 7 nitrogen and oxygen atoms in total. The number of primary amides is 1. The fourth-order valence-electron chi connectivity index (χ4n) is 3.83. The summed E-state index contributed by atoms with van der Waals surface area (Å²) >= 11 is 0. The van der Waals surface area contributed by atoms with E-state index in [9.17, 15) is 9.59 Å². The smallest absolute Gasteiger partial charge is 0.312 e. The van der Waals surface area contributed by atoms with Gasteiger partial charge in [0.2, 0.25) is 5.91 Å². The van der Waals surface area contributed by atoms with Gasteiger partial charge in [0.15, 0.2) is 0 Å². The Morgan fingerprint density at radius 1 is 1.28 bits per heavy atom. The molecule has 1 saturated heterocycles. The Morgan fingerprint density at radius 3 is 2.79 bits per heavy atom. The Kier molecular flexibility index (Phi) is 6.72. The number of methoxy groups -OCH3 is 1. The number of nitrogens with one attached hydrogen (secondary N) is 2. The number of nitrogens with zero attached hydrogens (tertiary/aromatic N) is 1. The average Bonchev–Trinajstić information content (AvgIpc) is 2.73. The number of hydrogen-bond donors (Lipinski definition) is 3. The maximum atomic E-state index is 13.3. The molecule has 2 unspecified atom stereocenters. The fourth-order valence-corrected chi connectivity index (χ4v) is 3.83. The second-order valence-corrected chi connectivity index (χ2v) is 7.23. The lowest BCUT2D eigenvalue weighted by molar-refractivity contribution is -0.135. The molecule has 0 spiro atoms. The molecule has 1 aliphatic rings. The van der Waals surface area contributed by atoms with Crippen LogP contribution in [-0.2, 0) is 4.79 Å². The van der Waals surface area contributed by atoms with Gasteiger partial charge in [-0.1, -0.05) is 48.0 Å². The summed E-state index contributed by atoms with van der Waals surface area (Å²) in [4.78, 5) is 26.7. The highest BCUT2D eigenvalue weighted by Gasteiger charge is 2.31. The molecule has 7 heteroatoms. The van der Waals surface area contributed by atoms with E-state index < -0.39 is 12.1 Å². The van der Waals surface area contributed by atoms with Crippen molar-refractivity contribution in [3.8, 4) is 5.75 Å². The zero-order chi connectivity index (χ0) is 20.8. The number of aryl methyl sites for hydroxylation is 1. The molecule has 2 aromatic rings. The van der Waals surface area contributed by atoms with Gasteiger partial charge in [-0.05, 0) is 18.6 Å². The number of piperazine rings is 1. The first-order chi connectivity index (χ1) is 14.0. The van der Waals surface area contributed by atoms with Crippen LogP contribution in [0.5, 0.6) is 5.75 Å². The van der Waals surface area contributed by atoms with E-state index in [2.05, 4.69) is 10.6 Å². The van der Waals surface area contributed by atoms with Crippen molar-refractivity contribution in [2.24, 2.45) is 5.73 Å². The molecule has 4 N–H and O–H groups in total. The Morgan fingerprint density at radius 2 is 2.07 bits per heavy atom. The standard InChI is InChI=1S/C22H28N4O3/c1-15-6-5-7-16(12-15)18(25-22(23)28)13-21(27)26-11-10-24-14-19(26)17-8-3-4-9-20(17)29-2/h3-9,12,18-19,24H,10-11,13-14H2,1-2H3,(H3,23,25,28). The topological polar surface area (TPSA) is 96.7 Å². The van der Waals surface area contributed by atoms with Crippen LogP contribution in [0.3, 0.4) is 0 Å². The lowest BCUT2D eigenvalue weighted by atomic mass is 9.98. The minimum Gasteiger partial charge on any atom is -0.496 e. The van der Waals surface area contributed by atoms with Gasteiger partial charge in [0.05, 0.1) is 25.6 Å². The number of carbonyl (C=O) groups is 2. The van der Waals surface area contributed by atoms with Crippen LogP contribution in [0.4, 0.5) is 4.79 Å². The second-order valence-electron chi connectivity index (χ2n) is 7.23. The predicted molar refractivity (Wildman–Crippen MR) is 112 cm³/mol. The van der Waals surface area contributed by atoms with Gasteiger partial charge >= 0.3 is 6.03 Å². The summed E-state index contributed by atoms with van der Waals surface area (Å²) in [7, 11) is 1.63. The number of para-hydroxylation sites is 1. The van der Waals surface area contributed by atoms with Crippen molar-refractivity contribution < 1.29 is 14.3 Å². The Labute approximate surface area is 171 Å². The molecule has 1 aliphatic heterocycles. The highest BCUT2D eigenvalue weighted by molar-refractivity contribution is 5.79. The summed E-state index contributed by atoms with van der Waals surface area (Å²) in [5.41, 5.74) is 8.26. The van der Waals surface area contributed by atoms with Crippen LogP contribution in [0, 0.1) is 6.92 Å². The third-order valence-corrected chi connectivity index (χ3v) is 5.20. The Bertz CT molecular complexity index is 871. The van der Waals surface area contributed by atoms with E-state index in [4.69, 9.17) is 10.5 Å². The van der Waals surface area contributed by atoms with Crippen LogP contribution in [0.15, 0.2) is 48.5 Å². The second kappa shape index (κ2) is 9.43. The number of hydrogen-bond acceptors (Lipinski definition) is 4. The van der Waals surface area contributed by atoms with Gasteiger partial charge in [-0.25, -0.2) is 4.79 Å². The van der Waals surface area contributed by atoms with Crippen molar-refractivity contribution in [2.45, 2.75) is 25.4 Å². The monoisotopic (exact) mass is 396 g/mol. The number of nitrogens with two attached hydrogens (primary N) is 1. The highest BCUT2D eigenvalue weighted by atomic mass is 16.5. The van der Waals surface area contributed by atoms with E-state index in [0.29, 0.717) is 13.1 Å². The first-order valence-electron chi connectivity index (χ1n) is 9.75. The number of carbonyl (C=O) groups excluding carboxylic acids is 2. The molecule has 2 atom stereocenters. The van der Waals surface area contributed by atoms with E-state index in [0.717, 1.165) is 29.0 Å². The van der Waals surface area contributed by atoms with E-state index in [1.165, 1.54) is 0 Å². The maximum absolute atomic E-state index is 13.3. The lowest BCUT2D eigenvalue weighted by Crippen LogP contribution is -2.49. The lowest BCUT2D eigenvalue weighted by Gasteiger charge is -2.38. The van der Waals surface area contributed by atoms with Crippen molar-refractivity contribution in [3.63, 3.8) is 0 Å². The van der Waals surface area contributed by atoms with Crippen LogP contribution in [0.2, 0.25) is 0 Å². The van der Waals surface area contributed by atoms with E-state index in [1.807, 2.05) is 60.4 Å². The summed E-state index contributed by atoms with van der Waals surface area (Å²) in [6.45, 7) is 3.92. The van der Waals surface area contributed by atoms with Crippen molar-refractivity contribution >= 4 is 11.9 Å². The summed E-state index contributed by atoms with van der Waals surface area (Å²) < 4.78 is 5.50. The molecule has 1 heterocycles. The number of benzene rings is 2. The summed E-state index contributed by atoms with van der Waals surface area (Å²) in [5, 5.41) is 6.08. The van der Waals surface area contributed by atoms with Gasteiger partial charge in [-0.3, -0.25) is 4.79 Å². The third kappa shape index (κ3) is 5.06. The van der Waals surface area contributed by atoms with E-state index >= 15 is 0 Å². The number of ether oxygens (including phenoxy) is 1. The molecule has 29 heavy (non-hydrogen) atoms. The van der Waals surface area contributed by atoms with Gasteiger partial charge in [0.1, 0.15) is 5.75 Å². The molecular weight excluding hydrogens is 368 g/mol. The van der Waals surface area contributed by atoms with Crippen LogP contribution < -0.4 is 21.1 Å². The van der Waals surface area contributed by atoms with E-state index in [1.54, 1.807) is 7.11 Å². The number of amides is 3. The molecule has 1 fully saturated rings. The average molecular weight is 396 g/mol. The SMILES string of the molecule is COc1ccccc1C1CNCCN1C(=O)CC(NC(N)=O)c1cccc(C)c1. The molecule has 0 aliphatic carbocycles. The maximum Gasteiger partial charge on any atom is 0.312 e. The Balaban J connectivity index is 1.84. The van der Waals surface area contributed by atoms with Crippen LogP contribution in [-0.4, -0.2) is 43.6 Å². The van der Waals surface area contributed by atoms with Gasteiger partial charge in [-0.2, -0.15) is 0 Å². The first kappa shape index (κ1) is 20.7. The molecular formula is C22H28N4O3. The fraction of sp³-hybridized carbons (Fsp3) is 0.364. The first-order valence-corrected chi connectivity index (χ1v) is 9.75. The molecule has 3 amide bonds. The van der Waals surface area contributed by atoms with Gasteiger partial charge in [0.25, 0.3) is 0 Å². The largest absolute Gasteiger partial charge is 0.496 e. The number of rotatable bonds is 6. The minimum atomic E-state index is -0.647. The Hall–Kier alpha value is -3.06. The van der Waals surface area contributed by atoms with Gasteiger partial charge in [0, 0.05) is 25.2 Å². The zero-order valence-electron chi connectivity index (χ0n) is 16.9.